The number of nitrogens with zero attached hydrogens (tertiary/aromatic N) is 2. The molecule has 0 N–H and O–H groups in total. The Hall–Kier alpha value is -1.49. The summed E-state index contributed by atoms with van der Waals surface area (Å²) in [5.74, 6) is 0. The van der Waals surface area contributed by atoms with Crippen molar-refractivity contribution in [3.63, 3.8) is 0 Å². The second-order valence-corrected chi connectivity index (χ2v) is 3.34. The van der Waals surface area contributed by atoms with Gasteiger partial charge in [0.15, 0.2) is 0 Å². The molecule has 0 aromatic rings. The molecule has 82 valence electrons. The highest BCUT2D eigenvalue weighted by Gasteiger charge is 2.18. The van der Waals surface area contributed by atoms with E-state index in [9.17, 15) is 14.6 Å². The Bertz CT molecular complexity index is 347. The summed E-state index contributed by atoms with van der Waals surface area (Å²) < 4.78 is 12.9. The van der Waals surface area contributed by atoms with Gasteiger partial charge in [-0.1, -0.05) is 6.58 Å². The van der Waals surface area contributed by atoms with Crippen LogP contribution < -0.4 is 0 Å². The fourth-order valence-corrected chi connectivity index (χ4v) is 1.36. The van der Waals surface area contributed by atoms with E-state index in [0.29, 0.717) is 23.7 Å². The van der Waals surface area contributed by atoms with E-state index < -0.39 is 4.92 Å². The van der Waals surface area contributed by atoms with Gasteiger partial charge in [0.05, 0.1) is 11.5 Å². The van der Waals surface area contributed by atoms with Gasteiger partial charge in [-0.3, -0.25) is 10.1 Å². The van der Waals surface area contributed by atoms with Gasteiger partial charge in [0, 0.05) is 12.6 Å². The molecule has 0 aromatic carbocycles. The molecule has 1 saturated heterocycles. The smallest absolute Gasteiger partial charge is 0.258 e. The van der Waals surface area contributed by atoms with Crippen molar-refractivity contribution in [2.75, 3.05) is 13.1 Å². The van der Waals surface area contributed by atoms with Crippen molar-refractivity contribution in [1.82, 2.24) is 5.12 Å². The number of piperidine rings is 1. The van der Waals surface area contributed by atoms with Crippen LogP contribution >= 0.6 is 0 Å². The molecule has 0 unspecified atom stereocenters. The topological polar surface area (TPSA) is 46.4 Å². The summed E-state index contributed by atoms with van der Waals surface area (Å²) in [7, 11) is 0. The first-order valence-corrected chi connectivity index (χ1v) is 4.64. The van der Waals surface area contributed by atoms with Crippen LogP contribution in [0.15, 0.2) is 35.6 Å². The third kappa shape index (κ3) is 2.99. The molecule has 0 amide bonds. The number of hydrogen-bond acceptors (Lipinski definition) is 3. The van der Waals surface area contributed by atoms with E-state index in [2.05, 4.69) is 6.58 Å². The van der Waals surface area contributed by atoms with E-state index in [4.69, 9.17) is 0 Å². The number of hydrogen-bond donors (Lipinski definition) is 0. The van der Waals surface area contributed by atoms with E-state index in [-0.39, 0.29) is 12.2 Å². The Kier molecular flexibility index (Phi) is 3.74. The summed E-state index contributed by atoms with van der Waals surface area (Å²) in [4.78, 5) is 10.1. The van der Waals surface area contributed by atoms with Crippen molar-refractivity contribution in [3.8, 4) is 0 Å². The highest BCUT2D eigenvalue weighted by Crippen LogP contribution is 2.22. The molecule has 1 fully saturated rings. The molecule has 5 heteroatoms. The Labute approximate surface area is 87.5 Å². The van der Waals surface area contributed by atoms with Gasteiger partial charge in [-0.15, -0.1) is 9.60 Å². The van der Waals surface area contributed by atoms with Crippen molar-refractivity contribution in [2.24, 2.45) is 0 Å². The van der Waals surface area contributed by atoms with Crippen LogP contribution in [0.5, 0.6) is 0 Å². The minimum absolute atomic E-state index is 0.0264. The summed E-state index contributed by atoms with van der Waals surface area (Å²) in [6.07, 6.45) is 3.28. The van der Waals surface area contributed by atoms with Gasteiger partial charge < -0.3 is 0 Å². The van der Waals surface area contributed by atoms with Crippen molar-refractivity contribution < 1.29 is 9.40 Å². The largest absolute Gasteiger partial charge is 0.265 e. The lowest BCUT2D eigenvalue weighted by molar-refractivity contribution is -0.419. The molecule has 0 atom stereocenters. The van der Waals surface area contributed by atoms with Crippen molar-refractivity contribution in [2.45, 2.75) is 13.3 Å². The molecular formula is C10H13FN2O2. The van der Waals surface area contributed by atoms with Gasteiger partial charge in [0.25, 0.3) is 5.70 Å². The summed E-state index contributed by atoms with van der Waals surface area (Å²) in [5, 5.41) is 11.2. The molecule has 1 aliphatic rings. The van der Waals surface area contributed by atoms with Crippen LogP contribution in [0.2, 0.25) is 0 Å². The Balaban J connectivity index is 2.89. The summed E-state index contributed by atoms with van der Waals surface area (Å²) in [6, 6.07) is 0. The van der Waals surface area contributed by atoms with Crippen molar-refractivity contribution in [1.29, 1.82) is 0 Å². The molecule has 0 radical (unpaired) electrons. The highest BCUT2D eigenvalue weighted by molar-refractivity contribution is 5.36. The predicted octanol–water partition coefficient (Wildman–Crippen LogP) is 2.24. The Morgan fingerprint density at radius 1 is 1.73 bits per heavy atom. The van der Waals surface area contributed by atoms with E-state index >= 15 is 0 Å². The van der Waals surface area contributed by atoms with Crippen molar-refractivity contribution >= 4 is 0 Å². The number of allylic oxidation sites excluding steroid dienone is 2. The maximum absolute atomic E-state index is 12.9. The lowest BCUT2D eigenvalue weighted by Crippen LogP contribution is -2.25. The molecule has 1 heterocycles. The molecule has 0 spiro atoms. The molecule has 0 saturated carbocycles. The van der Waals surface area contributed by atoms with Gasteiger partial charge in [0.2, 0.25) is 0 Å². The zero-order chi connectivity index (χ0) is 11.4. The molecule has 1 rings (SSSR count). The Morgan fingerprint density at radius 2 is 2.40 bits per heavy atom. The standard InChI is InChI=1S/C10H13FN2O2/c1-3-10(13(14)15)6-9-7-12(11)5-4-8(9)2/h3,6H,2,4-5,7H2,1H3/b9-6-,10-3+. The van der Waals surface area contributed by atoms with Crippen LogP contribution in [-0.2, 0) is 0 Å². The third-order valence-electron chi connectivity index (χ3n) is 2.28. The normalized spacial score (nSPS) is 22.1. The van der Waals surface area contributed by atoms with Crippen LogP contribution in [0.4, 0.5) is 4.48 Å². The minimum Gasteiger partial charge on any atom is -0.258 e. The average molecular weight is 212 g/mol. The SMILES string of the molecule is C=C1CCN(F)C/C1=C/C(=C\C)[N+](=O)[O-]. The molecule has 4 nitrogen and oxygen atoms in total. The van der Waals surface area contributed by atoms with Crippen LogP contribution in [-0.4, -0.2) is 23.1 Å². The van der Waals surface area contributed by atoms with Gasteiger partial charge in [-0.2, -0.15) is 0 Å². The molecule has 1 aliphatic heterocycles. The predicted molar refractivity (Wildman–Crippen MR) is 55.3 cm³/mol. The quantitative estimate of drug-likeness (QED) is 0.400. The first kappa shape index (κ1) is 11.6. The number of nitro groups is 1. The lowest BCUT2D eigenvalue weighted by atomic mass is 10.00. The zero-order valence-corrected chi connectivity index (χ0v) is 8.57. The van der Waals surface area contributed by atoms with Crippen LogP contribution in [0.1, 0.15) is 13.3 Å². The van der Waals surface area contributed by atoms with E-state index in [1.807, 2.05) is 0 Å². The Morgan fingerprint density at radius 3 is 2.93 bits per heavy atom. The van der Waals surface area contributed by atoms with E-state index in [1.165, 1.54) is 12.2 Å². The lowest BCUT2D eigenvalue weighted by Gasteiger charge is -2.22. The second-order valence-electron chi connectivity index (χ2n) is 3.34. The molecule has 15 heavy (non-hydrogen) atoms. The monoisotopic (exact) mass is 212 g/mol. The van der Waals surface area contributed by atoms with Crippen LogP contribution in [0, 0.1) is 10.1 Å². The first-order chi connectivity index (χ1) is 7.04. The molecule has 0 bridgehead atoms. The van der Waals surface area contributed by atoms with Crippen LogP contribution in [0.25, 0.3) is 0 Å². The van der Waals surface area contributed by atoms with Gasteiger partial charge in [0.1, 0.15) is 0 Å². The fraction of sp³-hybridized carbons (Fsp3) is 0.400. The molecule has 0 aromatic heterocycles. The summed E-state index contributed by atoms with van der Waals surface area (Å²) in [6.45, 7) is 5.72. The van der Waals surface area contributed by atoms with Crippen LogP contribution in [0.3, 0.4) is 0 Å². The maximum Gasteiger partial charge on any atom is 0.265 e. The summed E-state index contributed by atoms with van der Waals surface area (Å²) in [5.41, 5.74) is 1.33. The van der Waals surface area contributed by atoms with Crippen molar-refractivity contribution in [3.05, 3.63) is 45.7 Å². The first-order valence-electron chi connectivity index (χ1n) is 4.64. The second kappa shape index (κ2) is 4.84. The maximum atomic E-state index is 12.9. The van der Waals surface area contributed by atoms with Gasteiger partial charge in [-0.25, -0.2) is 0 Å². The third-order valence-corrected chi connectivity index (χ3v) is 2.28. The summed E-state index contributed by atoms with van der Waals surface area (Å²) >= 11 is 0. The molecule has 0 aliphatic carbocycles. The molecular weight excluding hydrogens is 199 g/mol. The number of rotatable bonds is 2. The van der Waals surface area contributed by atoms with Gasteiger partial charge >= 0.3 is 0 Å². The van der Waals surface area contributed by atoms with E-state index in [1.54, 1.807) is 6.92 Å². The van der Waals surface area contributed by atoms with Gasteiger partial charge in [-0.05, 0) is 30.6 Å². The average Bonchev–Trinajstić information content (AvgIpc) is 2.18. The minimum atomic E-state index is -0.489. The number of halogens is 1. The zero-order valence-electron chi connectivity index (χ0n) is 8.57. The van der Waals surface area contributed by atoms with E-state index in [0.717, 1.165) is 5.57 Å². The highest BCUT2D eigenvalue weighted by atomic mass is 19.2. The fourth-order valence-electron chi connectivity index (χ4n) is 1.36.